The summed E-state index contributed by atoms with van der Waals surface area (Å²) in [5, 5.41) is 0. The summed E-state index contributed by atoms with van der Waals surface area (Å²) >= 11 is 0. The summed E-state index contributed by atoms with van der Waals surface area (Å²) in [5.74, 6) is -0.956. The monoisotopic (exact) mass is 332 g/mol. The van der Waals surface area contributed by atoms with Crippen LogP contribution in [0.2, 0.25) is 0 Å². The zero-order valence-electron chi connectivity index (χ0n) is 12.7. The average Bonchev–Trinajstić information content (AvgIpc) is 2.54. The zero-order valence-corrected chi connectivity index (χ0v) is 13.5. The van der Waals surface area contributed by atoms with Crippen LogP contribution in [0.25, 0.3) is 0 Å². The molecule has 2 rings (SSSR count). The van der Waals surface area contributed by atoms with Crippen molar-refractivity contribution in [2.24, 2.45) is 5.73 Å². The van der Waals surface area contributed by atoms with Crippen LogP contribution in [-0.2, 0) is 10.0 Å². The van der Waals surface area contributed by atoms with Crippen molar-refractivity contribution in [3.05, 3.63) is 59.7 Å². The maximum Gasteiger partial charge on any atom is 0.264 e. The van der Waals surface area contributed by atoms with Gasteiger partial charge in [0.2, 0.25) is 0 Å². The normalized spacial score (nSPS) is 11.0. The third kappa shape index (κ3) is 3.24. The van der Waals surface area contributed by atoms with E-state index in [-0.39, 0.29) is 21.9 Å². The molecule has 0 aromatic heterocycles. The fourth-order valence-corrected chi connectivity index (χ4v) is 3.38. The second kappa shape index (κ2) is 6.21. The van der Waals surface area contributed by atoms with E-state index < -0.39 is 15.9 Å². The topological polar surface area (TPSA) is 97.5 Å². The van der Waals surface area contributed by atoms with E-state index in [1.165, 1.54) is 44.3 Å². The number of rotatable bonds is 5. The minimum absolute atomic E-state index is 0.0352. The molecule has 6 nitrogen and oxygen atoms in total. The summed E-state index contributed by atoms with van der Waals surface area (Å²) < 4.78 is 26.5. The molecule has 0 atom stereocenters. The molecule has 0 saturated carbocycles. The van der Waals surface area contributed by atoms with Crippen LogP contribution in [0.15, 0.2) is 53.4 Å². The molecule has 2 aromatic rings. The second-order valence-corrected chi connectivity index (χ2v) is 6.91. The Morgan fingerprint density at radius 3 is 2.30 bits per heavy atom. The van der Waals surface area contributed by atoms with E-state index in [1.807, 2.05) is 0 Å². The Labute approximate surface area is 134 Å². The number of primary amides is 1. The number of amides is 1. The van der Waals surface area contributed by atoms with Crippen LogP contribution >= 0.6 is 0 Å². The fourth-order valence-electron chi connectivity index (χ4n) is 2.12. The van der Waals surface area contributed by atoms with Crippen molar-refractivity contribution in [3.8, 4) is 0 Å². The molecule has 0 unspecified atom stereocenters. The van der Waals surface area contributed by atoms with Crippen molar-refractivity contribution in [2.45, 2.75) is 11.8 Å². The maximum absolute atomic E-state index is 12.7. The van der Waals surface area contributed by atoms with Gasteiger partial charge in [-0.15, -0.1) is 0 Å². The van der Waals surface area contributed by atoms with E-state index in [1.54, 1.807) is 18.2 Å². The lowest BCUT2D eigenvalue weighted by molar-refractivity contribution is 0.0996. The number of Topliss-reactive ketones (excluding diaryl/α,β-unsaturated/α-hetero) is 1. The van der Waals surface area contributed by atoms with Crippen LogP contribution in [0.1, 0.15) is 27.6 Å². The smallest absolute Gasteiger partial charge is 0.264 e. The number of benzene rings is 2. The Kier molecular flexibility index (Phi) is 4.51. The van der Waals surface area contributed by atoms with Gasteiger partial charge in [0, 0.05) is 12.6 Å². The van der Waals surface area contributed by atoms with Gasteiger partial charge in [0.1, 0.15) is 0 Å². The predicted octanol–water partition coefficient (Wildman–Crippen LogP) is 1.81. The summed E-state index contributed by atoms with van der Waals surface area (Å²) in [6.07, 6.45) is 0. The van der Waals surface area contributed by atoms with Crippen molar-refractivity contribution in [3.63, 3.8) is 0 Å². The molecule has 2 N–H and O–H groups in total. The molecule has 1 amide bonds. The molecule has 0 fully saturated rings. The van der Waals surface area contributed by atoms with E-state index in [4.69, 9.17) is 5.73 Å². The number of sulfonamides is 1. The number of ketones is 1. The molecule has 0 saturated heterocycles. The quantitative estimate of drug-likeness (QED) is 0.844. The number of hydrogen-bond acceptors (Lipinski definition) is 4. The van der Waals surface area contributed by atoms with Gasteiger partial charge in [-0.2, -0.15) is 0 Å². The molecule has 2 aromatic carbocycles. The molecule has 0 spiro atoms. The molecule has 0 radical (unpaired) electrons. The summed E-state index contributed by atoms with van der Waals surface area (Å²) in [7, 11) is -2.60. The Hall–Kier alpha value is -2.67. The van der Waals surface area contributed by atoms with Gasteiger partial charge in [-0.05, 0) is 31.2 Å². The summed E-state index contributed by atoms with van der Waals surface area (Å²) in [6, 6.07) is 11.9. The number of nitrogens with zero attached hydrogens (tertiary/aromatic N) is 1. The van der Waals surface area contributed by atoms with Crippen molar-refractivity contribution in [1.82, 2.24) is 0 Å². The first kappa shape index (κ1) is 16.7. The molecule has 0 heterocycles. The van der Waals surface area contributed by atoms with Crippen LogP contribution in [0, 0.1) is 0 Å². The van der Waals surface area contributed by atoms with Gasteiger partial charge in [0.25, 0.3) is 15.9 Å². The molecule has 120 valence electrons. The third-order valence-electron chi connectivity index (χ3n) is 3.41. The highest BCUT2D eigenvalue weighted by Gasteiger charge is 2.24. The standard InChI is InChI=1S/C16H16N2O4S/c1-11(19)12-6-5-7-13(10-12)23(21,22)18(2)15-9-4-3-8-14(15)16(17)20/h3-10H,1-2H3,(H2,17,20). The number of anilines is 1. The lowest BCUT2D eigenvalue weighted by atomic mass is 10.1. The minimum Gasteiger partial charge on any atom is -0.366 e. The van der Waals surface area contributed by atoms with Gasteiger partial charge < -0.3 is 5.73 Å². The molecule has 23 heavy (non-hydrogen) atoms. The largest absolute Gasteiger partial charge is 0.366 e. The van der Waals surface area contributed by atoms with Crippen LogP contribution < -0.4 is 10.0 Å². The average molecular weight is 332 g/mol. The highest BCUT2D eigenvalue weighted by Crippen LogP contribution is 2.25. The van der Waals surface area contributed by atoms with Gasteiger partial charge in [0.15, 0.2) is 5.78 Å². The molecule has 0 aliphatic rings. The first-order valence-electron chi connectivity index (χ1n) is 6.74. The highest BCUT2D eigenvalue weighted by atomic mass is 32.2. The van der Waals surface area contributed by atoms with Crippen molar-refractivity contribution in [2.75, 3.05) is 11.4 Å². The van der Waals surface area contributed by atoms with Crippen molar-refractivity contribution in [1.29, 1.82) is 0 Å². The lowest BCUT2D eigenvalue weighted by Crippen LogP contribution is -2.29. The van der Waals surface area contributed by atoms with E-state index in [0.29, 0.717) is 5.56 Å². The molecule has 0 aliphatic heterocycles. The van der Waals surface area contributed by atoms with Crippen molar-refractivity contribution < 1.29 is 18.0 Å². The Morgan fingerprint density at radius 1 is 1.04 bits per heavy atom. The van der Waals surface area contributed by atoms with E-state index >= 15 is 0 Å². The first-order valence-corrected chi connectivity index (χ1v) is 8.18. The molecular formula is C16H16N2O4S. The number of hydrogen-bond donors (Lipinski definition) is 1. The Morgan fingerprint density at radius 2 is 1.70 bits per heavy atom. The Balaban J connectivity index is 2.54. The van der Waals surface area contributed by atoms with Gasteiger partial charge in [-0.3, -0.25) is 13.9 Å². The highest BCUT2D eigenvalue weighted by molar-refractivity contribution is 7.92. The summed E-state index contributed by atoms with van der Waals surface area (Å²) in [4.78, 5) is 22.9. The Bertz CT molecular complexity index is 875. The SMILES string of the molecule is CC(=O)c1cccc(S(=O)(=O)N(C)c2ccccc2C(N)=O)c1. The van der Waals surface area contributed by atoms with Gasteiger partial charge >= 0.3 is 0 Å². The van der Waals surface area contributed by atoms with Crippen LogP contribution in [0.4, 0.5) is 5.69 Å². The van der Waals surface area contributed by atoms with E-state index in [0.717, 1.165) is 4.31 Å². The second-order valence-electron chi connectivity index (χ2n) is 4.94. The molecule has 0 bridgehead atoms. The maximum atomic E-state index is 12.7. The fraction of sp³-hybridized carbons (Fsp3) is 0.125. The molecular weight excluding hydrogens is 316 g/mol. The zero-order chi connectivity index (χ0) is 17.2. The number of para-hydroxylation sites is 1. The number of nitrogens with two attached hydrogens (primary N) is 1. The first-order chi connectivity index (χ1) is 10.7. The third-order valence-corrected chi connectivity index (χ3v) is 5.18. The van der Waals surface area contributed by atoms with Gasteiger partial charge in [-0.1, -0.05) is 24.3 Å². The van der Waals surface area contributed by atoms with Crippen LogP contribution in [0.5, 0.6) is 0 Å². The van der Waals surface area contributed by atoms with Crippen molar-refractivity contribution >= 4 is 27.4 Å². The molecule has 7 heteroatoms. The lowest BCUT2D eigenvalue weighted by Gasteiger charge is -2.21. The summed E-state index contributed by atoms with van der Waals surface area (Å²) in [5.41, 5.74) is 5.86. The van der Waals surface area contributed by atoms with Crippen LogP contribution in [-0.4, -0.2) is 27.2 Å². The van der Waals surface area contributed by atoms with E-state index in [9.17, 15) is 18.0 Å². The number of carbonyl (C=O) groups is 2. The van der Waals surface area contributed by atoms with E-state index in [2.05, 4.69) is 0 Å². The summed E-state index contributed by atoms with van der Waals surface area (Å²) in [6.45, 7) is 1.36. The van der Waals surface area contributed by atoms with Gasteiger partial charge in [-0.25, -0.2) is 8.42 Å². The van der Waals surface area contributed by atoms with Gasteiger partial charge in [0.05, 0.1) is 16.1 Å². The minimum atomic E-state index is -3.93. The van der Waals surface area contributed by atoms with Crippen LogP contribution in [0.3, 0.4) is 0 Å². The number of carbonyl (C=O) groups excluding carboxylic acids is 2. The molecule has 0 aliphatic carbocycles. The predicted molar refractivity (Wildman–Crippen MR) is 87.0 cm³/mol.